The average Bonchev–Trinajstić information content (AvgIpc) is 3.79. The fourth-order valence-corrected chi connectivity index (χ4v) is 9.25. The van der Waals surface area contributed by atoms with E-state index in [2.05, 4.69) is 193 Å². The third-order valence-corrected chi connectivity index (χ3v) is 11.7. The first-order chi connectivity index (χ1) is 26.2. The summed E-state index contributed by atoms with van der Waals surface area (Å²) in [4.78, 5) is 2.42. The summed E-state index contributed by atoms with van der Waals surface area (Å²) in [7, 11) is 0. The monoisotopic (exact) mass is 693 g/mol. The summed E-state index contributed by atoms with van der Waals surface area (Å²) in [6.07, 6.45) is 0. The van der Waals surface area contributed by atoms with E-state index in [1.165, 1.54) is 58.4 Å². The first-order valence-corrected chi connectivity index (χ1v) is 18.8. The highest BCUT2D eigenvalue weighted by atomic mass is 32.1. The molecule has 0 unspecified atom stereocenters. The number of thiophene rings is 1. The van der Waals surface area contributed by atoms with Crippen molar-refractivity contribution < 1.29 is 4.42 Å². The maximum atomic E-state index is 6.64. The Morgan fingerprint density at radius 3 is 1.75 bits per heavy atom. The highest BCUT2D eigenvalue weighted by molar-refractivity contribution is 7.25. The molecular formula is C50H31NOS. The fourth-order valence-electron chi connectivity index (χ4n) is 8.07. The Hall–Kier alpha value is -6.68. The molecule has 0 bridgehead atoms. The van der Waals surface area contributed by atoms with E-state index < -0.39 is 0 Å². The summed E-state index contributed by atoms with van der Waals surface area (Å²) < 4.78 is 9.19. The molecule has 9 aromatic carbocycles. The van der Waals surface area contributed by atoms with Crippen molar-refractivity contribution in [2.75, 3.05) is 4.90 Å². The van der Waals surface area contributed by atoms with E-state index >= 15 is 0 Å². The Labute approximate surface area is 310 Å². The maximum absolute atomic E-state index is 6.64. The van der Waals surface area contributed by atoms with Gasteiger partial charge >= 0.3 is 0 Å². The lowest BCUT2D eigenvalue weighted by atomic mass is 10.00. The summed E-state index contributed by atoms with van der Waals surface area (Å²) in [6, 6.07) is 68.0. The van der Waals surface area contributed by atoms with E-state index in [9.17, 15) is 0 Å². The van der Waals surface area contributed by atoms with Gasteiger partial charge in [-0.25, -0.2) is 0 Å². The smallest absolute Gasteiger partial charge is 0.137 e. The van der Waals surface area contributed by atoms with Crippen molar-refractivity contribution in [3.63, 3.8) is 0 Å². The molecule has 0 saturated carbocycles. The molecule has 0 atom stereocenters. The lowest BCUT2D eigenvalue weighted by Crippen LogP contribution is -2.10. The summed E-state index contributed by atoms with van der Waals surface area (Å²) >= 11 is 1.86. The van der Waals surface area contributed by atoms with Gasteiger partial charge in [-0.1, -0.05) is 133 Å². The molecule has 53 heavy (non-hydrogen) atoms. The lowest BCUT2D eigenvalue weighted by Gasteiger charge is -2.27. The van der Waals surface area contributed by atoms with E-state index in [4.69, 9.17) is 4.42 Å². The Kier molecular flexibility index (Phi) is 6.76. The van der Waals surface area contributed by atoms with E-state index in [1.807, 2.05) is 11.3 Å². The molecule has 0 fully saturated rings. The molecule has 2 nitrogen and oxygen atoms in total. The average molecular weight is 694 g/mol. The zero-order valence-corrected chi connectivity index (χ0v) is 29.5. The minimum Gasteiger partial charge on any atom is -0.456 e. The molecule has 2 aromatic heterocycles. The number of fused-ring (bicyclic) bond motifs is 9. The molecule has 0 N–H and O–H groups in total. The molecule has 3 heteroatoms. The fraction of sp³-hybridized carbons (Fsp3) is 0. The molecule has 2 heterocycles. The van der Waals surface area contributed by atoms with Gasteiger partial charge in [0.15, 0.2) is 0 Å². The lowest BCUT2D eigenvalue weighted by molar-refractivity contribution is 0.669. The summed E-state index contributed by atoms with van der Waals surface area (Å²) in [5.41, 5.74) is 9.83. The van der Waals surface area contributed by atoms with Crippen LogP contribution in [0.5, 0.6) is 0 Å². The first-order valence-electron chi connectivity index (χ1n) is 18.0. The predicted molar refractivity (Wildman–Crippen MR) is 227 cm³/mol. The van der Waals surface area contributed by atoms with E-state index in [0.29, 0.717) is 0 Å². The maximum Gasteiger partial charge on any atom is 0.137 e. The van der Waals surface area contributed by atoms with Gasteiger partial charge in [-0.2, -0.15) is 0 Å². The number of furan rings is 1. The molecule has 11 rings (SSSR count). The van der Waals surface area contributed by atoms with Crippen LogP contribution in [0.2, 0.25) is 0 Å². The third-order valence-electron chi connectivity index (χ3n) is 10.6. The van der Waals surface area contributed by atoms with Gasteiger partial charge in [-0.3, -0.25) is 0 Å². The molecule has 248 valence electrons. The van der Waals surface area contributed by atoms with Crippen LogP contribution in [0.4, 0.5) is 17.1 Å². The van der Waals surface area contributed by atoms with Crippen LogP contribution in [-0.2, 0) is 0 Å². The van der Waals surface area contributed by atoms with Crippen molar-refractivity contribution in [1.29, 1.82) is 0 Å². The van der Waals surface area contributed by atoms with E-state index in [0.717, 1.165) is 44.6 Å². The van der Waals surface area contributed by atoms with E-state index in [1.54, 1.807) is 0 Å². The summed E-state index contributed by atoms with van der Waals surface area (Å²) in [5, 5.41) is 9.71. The number of benzene rings is 9. The van der Waals surface area contributed by atoms with Crippen LogP contribution in [0.3, 0.4) is 0 Å². The van der Waals surface area contributed by atoms with Crippen LogP contribution in [0.15, 0.2) is 192 Å². The van der Waals surface area contributed by atoms with Crippen molar-refractivity contribution in [1.82, 2.24) is 0 Å². The van der Waals surface area contributed by atoms with Crippen LogP contribution < -0.4 is 4.90 Å². The molecular weight excluding hydrogens is 663 g/mol. The normalized spacial score (nSPS) is 11.8. The van der Waals surface area contributed by atoms with Crippen LogP contribution in [0, 0.1) is 0 Å². The van der Waals surface area contributed by atoms with Crippen LogP contribution in [0.1, 0.15) is 0 Å². The predicted octanol–water partition coefficient (Wildman–Crippen LogP) is 15.1. The van der Waals surface area contributed by atoms with Crippen molar-refractivity contribution >= 4 is 92.1 Å². The SMILES string of the molecule is c1ccc(-c2ccc3c(c2)oc2cccc(N(c4ccc5c(c4)sc4cc(-c6ccccc6)ccc45)c4ccc5ccc6ccccc6c5c4)c23)cc1. The molecule has 0 saturated heterocycles. The molecule has 0 amide bonds. The second-order valence-corrected chi connectivity index (χ2v) is 14.8. The second-order valence-electron chi connectivity index (χ2n) is 13.7. The second kappa shape index (κ2) is 11.9. The summed E-state index contributed by atoms with van der Waals surface area (Å²) in [6.45, 7) is 0. The van der Waals surface area contributed by atoms with Crippen molar-refractivity contribution in [2.45, 2.75) is 0 Å². The van der Waals surface area contributed by atoms with Crippen LogP contribution >= 0.6 is 11.3 Å². The van der Waals surface area contributed by atoms with Gasteiger partial charge < -0.3 is 9.32 Å². The molecule has 0 spiro atoms. The standard InChI is InChI=1S/C50H31NOS/c1-3-10-32(11-4-1)36-22-26-43-47(28-36)52-46-17-9-16-45(50(43)46)51(38-23-20-35-19-18-34-14-7-8-15-40(34)44(35)30-38)39-24-27-42-41-25-21-37(33-12-5-2-6-13-33)29-48(41)53-49(42)31-39/h1-31H. The zero-order valence-electron chi connectivity index (χ0n) is 28.7. The van der Waals surface area contributed by atoms with Crippen molar-refractivity contribution in [3.05, 3.63) is 188 Å². The summed E-state index contributed by atoms with van der Waals surface area (Å²) in [5.74, 6) is 0. The topological polar surface area (TPSA) is 16.4 Å². The highest BCUT2D eigenvalue weighted by Gasteiger charge is 2.21. The molecule has 0 aliphatic heterocycles. The van der Waals surface area contributed by atoms with Crippen molar-refractivity contribution in [3.8, 4) is 22.3 Å². The molecule has 0 aliphatic rings. The van der Waals surface area contributed by atoms with Crippen LogP contribution in [0.25, 0.3) is 85.9 Å². The first kappa shape index (κ1) is 30.0. The van der Waals surface area contributed by atoms with Gasteiger partial charge in [0.25, 0.3) is 0 Å². The Balaban J connectivity index is 1.14. The minimum absolute atomic E-state index is 0.871. The van der Waals surface area contributed by atoms with Gasteiger partial charge in [-0.05, 0) is 98.4 Å². The number of nitrogens with zero attached hydrogens (tertiary/aromatic N) is 1. The quantitative estimate of drug-likeness (QED) is 0.167. The van der Waals surface area contributed by atoms with Crippen molar-refractivity contribution in [2.24, 2.45) is 0 Å². The number of anilines is 3. The van der Waals surface area contributed by atoms with Gasteiger partial charge in [-0.15, -0.1) is 11.3 Å². The van der Waals surface area contributed by atoms with Gasteiger partial charge in [0.2, 0.25) is 0 Å². The van der Waals surface area contributed by atoms with E-state index in [-0.39, 0.29) is 0 Å². The number of hydrogen-bond donors (Lipinski definition) is 0. The van der Waals surface area contributed by atoms with Crippen LogP contribution in [-0.4, -0.2) is 0 Å². The minimum atomic E-state index is 0.871. The third kappa shape index (κ3) is 4.93. The van der Waals surface area contributed by atoms with Gasteiger partial charge in [0, 0.05) is 36.9 Å². The Morgan fingerprint density at radius 2 is 0.962 bits per heavy atom. The molecule has 11 aromatic rings. The Bertz CT molecular complexity index is 3180. The zero-order chi connectivity index (χ0) is 34.9. The Morgan fingerprint density at radius 1 is 0.358 bits per heavy atom. The van der Waals surface area contributed by atoms with Gasteiger partial charge in [0.05, 0.1) is 11.1 Å². The van der Waals surface area contributed by atoms with Gasteiger partial charge in [0.1, 0.15) is 11.2 Å². The highest BCUT2D eigenvalue weighted by Crippen LogP contribution is 2.46. The number of hydrogen-bond acceptors (Lipinski definition) is 3. The molecule has 0 radical (unpaired) electrons. The molecule has 0 aliphatic carbocycles. The number of rotatable bonds is 5. The largest absolute Gasteiger partial charge is 0.456 e.